The third-order valence-corrected chi connectivity index (χ3v) is 11.4. The quantitative estimate of drug-likeness (QED) is 0.0522. The van der Waals surface area contributed by atoms with E-state index in [1.807, 2.05) is 0 Å². The molecule has 6 nitrogen and oxygen atoms in total. The zero-order valence-electron chi connectivity index (χ0n) is 33.9. The number of unbranched alkanes of at least 4 members (excludes halogenated alkanes) is 17. The van der Waals surface area contributed by atoms with Crippen molar-refractivity contribution >= 4 is 11.9 Å². The van der Waals surface area contributed by atoms with Crippen LogP contribution in [0.5, 0.6) is 0 Å². The zero-order chi connectivity index (χ0) is 36.5. The van der Waals surface area contributed by atoms with E-state index in [1.54, 1.807) is 0 Å². The smallest absolute Gasteiger partial charge is 0.308 e. The number of likely N-dealkylation sites (tertiary alicyclic amines) is 1. The minimum absolute atomic E-state index is 0.0142. The summed E-state index contributed by atoms with van der Waals surface area (Å²) in [6.45, 7) is 13.0. The number of aliphatic hydroxyl groups is 1. The summed E-state index contributed by atoms with van der Waals surface area (Å²) in [6, 6.07) is 0. The summed E-state index contributed by atoms with van der Waals surface area (Å²) in [5, 5.41) is 9.22. The molecule has 1 fully saturated rings. The summed E-state index contributed by atoms with van der Waals surface area (Å²) in [5.74, 6) is 0.357. The van der Waals surface area contributed by atoms with Gasteiger partial charge in [0.1, 0.15) is 0 Å². The fourth-order valence-corrected chi connectivity index (χ4v) is 7.77. The molecule has 1 N–H and O–H groups in total. The van der Waals surface area contributed by atoms with Gasteiger partial charge in [-0.2, -0.15) is 0 Å². The van der Waals surface area contributed by atoms with Gasteiger partial charge in [-0.05, 0) is 76.9 Å². The van der Waals surface area contributed by atoms with Gasteiger partial charge in [-0.1, -0.05) is 156 Å². The summed E-state index contributed by atoms with van der Waals surface area (Å²) in [7, 11) is 0. The number of hydrogen-bond donors (Lipinski definition) is 1. The first-order valence-corrected chi connectivity index (χ1v) is 22.2. The molecule has 0 spiro atoms. The lowest BCUT2D eigenvalue weighted by Gasteiger charge is -2.36. The van der Waals surface area contributed by atoms with Crippen LogP contribution in [0.2, 0.25) is 0 Å². The standard InChI is InChI=1S/C44H85NO5/c1-5-9-13-17-21-27-40(28-22-18-14-10-6-2)43(47)49-37-42(39-31-34-45(35-32-39)33-25-26-36-46)38-50-44(48)41(29-23-19-15-11-7-3)30-24-20-16-12-8-4/h39-42,46H,5-38H2,1-4H3. The molecule has 0 aromatic rings. The molecular formula is C44H85NO5. The molecule has 0 aromatic heterocycles. The molecule has 0 unspecified atom stereocenters. The number of nitrogens with zero attached hydrogens (tertiary/aromatic N) is 1. The Labute approximate surface area is 311 Å². The van der Waals surface area contributed by atoms with Crippen molar-refractivity contribution in [2.24, 2.45) is 23.7 Å². The number of hydrogen-bond acceptors (Lipinski definition) is 6. The van der Waals surface area contributed by atoms with Crippen LogP contribution in [-0.2, 0) is 19.1 Å². The van der Waals surface area contributed by atoms with Crippen molar-refractivity contribution in [1.82, 2.24) is 4.90 Å². The van der Waals surface area contributed by atoms with Crippen LogP contribution in [0.4, 0.5) is 0 Å². The van der Waals surface area contributed by atoms with E-state index >= 15 is 0 Å². The van der Waals surface area contributed by atoms with E-state index < -0.39 is 0 Å². The number of esters is 2. The first kappa shape index (κ1) is 46.9. The predicted octanol–water partition coefficient (Wildman–Crippen LogP) is 11.8. The molecule has 0 aliphatic carbocycles. The van der Waals surface area contributed by atoms with E-state index in [4.69, 9.17) is 9.47 Å². The van der Waals surface area contributed by atoms with Crippen LogP contribution in [0.3, 0.4) is 0 Å². The Morgan fingerprint density at radius 3 is 1.24 bits per heavy atom. The fraction of sp³-hybridized carbons (Fsp3) is 0.955. The summed E-state index contributed by atoms with van der Waals surface area (Å²) in [5.41, 5.74) is 0. The maximum atomic E-state index is 13.6. The highest BCUT2D eigenvalue weighted by atomic mass is 16.5. The second kappa shape index (κ2) is 33.7. The third kappa shape index (κ3) is 24.2. The number of aliphatic hydroxyl groups excluding tert-OH is 1. The summed E-state index contributed by atoms with van der Waals surface area (Å²) in [6.07, 6.45) is 31.9. The summed E-state index contributed by atoms with van der Waals surface area (Å²) >= 11 is 0. The van der Waals surface area contributed by atoms with Gasteiger partial charge in [0, 0.05) is 12.5 Å². The Balaban J connectivity index is 2.90. The van der Waals surface area contributed by atoms with Gasteiger partial charge in [0.2, 0.25) is 0 Å². The molecule has 1 rings (SSSR count). The average molecular weight is 708 g/mol. The van der Waals surface area contributed by atoms with Crippen LogP contribution >= 0.6 is 0 Å². The molecule has 50 heavy (non-hydrogen) atoms. The lowest BCUT2D eigenvalue weighted by Crippen LogP contribution is -2.39. The van der Waals surface area contributed by atoms with Crippen LogP contribution in [0, 0.1) is 23.7 Å². The van der Waals surface area contributed by atoms with Crippen molar-refractivity contribution in [3.8, 4) is 0 Å². The lowest BCUT2D eigenvalue weighted by atomic mass is 9.85. The number of piperidine rings is 1. The van der Waals surface area contributed by atoms with Crippen LogP contribution in [0.1, 0.15) is 207 Å². The van der Waals surface area contributed by atoms with E-state index in [9.17, 15) is 14.7 Å². The van der Waals surface area contributed by atoms with Gasteiger partial charge < -0.3 is 19.5 Å². The van der Waals surface area contributed by atoms with Gasteiger partial charge in [-0.15, -0.1) is 0 Å². The van der Waals surface area contributed by atoms with Crippen molar-refractivity contribution < 1.29 is 24.2 Å². The molecule has 0 amide bonds. The average Bonchev–Trinajstić information content (AvgIpc) is 3.13. The monoisotopic (exact) mass is 708 g/mol. The van der Waals surface area contributed by atoms with E-state index in [0.717, 1.165) is 96.7 Å². The van der Waals surface area contributed by atoms with Crippen molar-refractivity contribution in [3.63, 3.8) is 0 Å². The largest absolute Gasteiger partial charge is 0.465 e. The fourth-order valence-electron chi connectivity index (χ4n) is 7.77. The Morgan fingerprint density at radius 1 is 0.540 bits per heavy atom. The molecule has 1 heterocycles. The molecule has 0 bridgehead atoms. The molecule has 296 valence electrons. The predicted molar refractivity (Wildman–Crippen MR) is 211 cm³/mol. The maximum absolute atomic E-state index is 13.6. The normalized spacial score (nSPS) is 14.3. The van der Waals surface area contributed by atoms with Crippen molar-refractivity contribution in [3.05, 3.63) is 0 Å². The van der Waals surface area contributed by atoms with Crippen LogP contribution in [0.25, 0.3) is 0 Å². The molecule has 0 aromatic carbocycles. The first-order chi connectivity index (χ1) is 24.5. The van der Waals surface area contributed by atoms with Crippen LogP contribution in [-0.4, -0.2) is 61.4 Å². The second-order valence-corrected chi connectivity index (χ2v) is 15.8. The minimum atomic E-state index is -0.0224. The lowest BCUT2D eigenvalue weighted by molar-refractivity contribution is -0.156. The van der Waals surface area contributed by atoms with Gasteiger partial charge in [-0.3, -0.25) is 9.59 Å². The first-order valence-electron chi connectivity index (χ1n) is 22.2. The van der Waals surface area contributed by atoms with Crippen molar-refractivity contribution in [2.45, 2.75) is 207 Å². The molecular weight excluding hydrogens is 622 g/mol. The van der Waals surface area contributed by atoms with E-state index in [0.29, 0.717) is 19.1 Å². The maximum Gasteiger partial charge on any atom is 0.308 e. The number of ether oxygens (including phenoxy) is 2. The third-order valence-electron chi connectivity index (χ3n) is 11.4. The van der Waals surface area contributed by atoms with E-state index in [1.165, 1.54) is 103 Å². The minimum Gasteiger partial charge on any atom is -0.465 e. The molecule has 1 aliphatic rings. The second-order valence-electron chi connectivity index (χ2n) is 15.8. The SMILES string of the molecule is CCCCCCCC(CCCCCCC)C(=O)OCC(COC(=O)C(CCCCCCC)CCCCCCC)C1CCN(CCCCO)CC1. The highest BCUT2D eigenvalue weighted by Crippen LogP contribution is 2.29. The highest BCUT2D eigenvalue weighted by molar-refractivity contribution is 5.73. The van der Waals surface area contributed by atoms with Crippen LogP contribution in [0.15, 0.2) is 0 Å². The van der Waals surface area contributed by atoms with Crippen molar-refractivity contribution in [2.75, 3.05) is 39.5 Å². The van der Waals surface area contributed by atoms with Gasteiger partial charge in [0.05, 0.1) is 25.0 Å². The van der Waals surface area contributed by atoms with E-state index in [2.05, 4.69) is 32.6 Å². The highest BCUT2D eigenvalue weighted by Gasteiger charge is 2.31. The molecule has 0 radical (unpaired) electrons. The Hall–Kier alpha value is -1.14. The number of rotatable bonds is 35. The summed E-state index contributed by atoms with van der Waals surface area (Å²) in [4.78, 5) is 29.8. The number of carbonyl (C=O) groups is 2. The topological polar surface area (TPSA) is 76.1 Å². The Kier molecular flexibility index (Phi) is 31.6. The Morgan fingerprint density at radius 2 is 0.900 bits per heavy atom. The molecule has 0 atom stereocenters. The number of carbonyl (C=O) groups excluding carboxylic acids is 2. The van der Waals surface area contributed by atoms with Gasteiger partial charge in [0.25, 0.3) is 0 Å². The van der Waals surface area contributed by atoms with Gasteiger partial charge in [0.15, 0.2) is 0 Å². The Bertz CT molecular complexity index is 692. The zero-order valence-corrected chi connectivity index (χ0v) is 33.9. The van der Waals surface area contributed by atoms with E-state index in [-0.39, 0.29) is 36.3 Å². The molecule has 0 saturated carbocycles. The van der Waals surface area contributed by atoms with Gasteiger partial charge in [-0.25, -0.2) is 0 Å². The van der Waals surface area contributed by atoms with Crippen molar-refractivity contribution in [1.29, 1.82) is 0 Å². The summed E-state index contributed by atoms with van der Waals surface area (Å²) < 4.78 is 12.4. The molecule has 1 saturated heterocycles. The molecule has 1 aliphatic heterocycles. The van der Waals surface area contributed by atoms with Gasteiger partial charge >= 0.3 is 11.9 Å². The van der Waals surface area contributed by atoms with Crippen LogP contribution < -0.4 is 0 Å². The molecule has 6 heteroatoms.